The highest BCUT2D eigenvalue weighted by Gasteiger charge is 2.40. The molecule has 0 bridgehead atoms. The minimum Gasteiger partial charge on any atom is -0.369 e. The molecule has 1 aliphatic heterocycles. The fraction of sp³-hybridized carbons (Fsp3) is 0.286. The van der Waals surface area contributed by atoms with Gasteiger partial charge in [-0.3, -0.25) is 19.1 Å². The molecular formula is C21H23N7O2. The van der Waals surface area contributed by atoms with Gasteiger partial charge in [-0.05, 0) is 43.2 Å². The van der Waals surface area contributed by atoms with Crippen LogP contribution in [0.2, 0.25) is 0 Å². The maximum atomic E-state index is 11.9. The molecule has 4 rings (SSSR count). The highest BCUT2D eigenvalue weighted by atomic mass is 16.1. The van der Waals surface area contributed by atoms with Crippen molar-refractivity contribution < 1.29 is 9.59 Å². The molecule has 4 N–H and O–H groups in total. The first-order chi connectivity index (χ1) is 14.4. The van der Waals surface area contributed by atoms with Gasteiger partial charge in [-0.1, -0.05) is 12.1 Å². The molecule has 1 aromatic carbocycles. The van der Waals surface area contributed by atoms with Gasteiger partial charge in [-0.15, -0.1) is 10.2 Å². The van der Waals surface area contributed by atoms with Crippen LogP contribution in [0.3, 0.4) is 0 Å². The number of primary amides is 2. The Morgan fingerprint density at radius 3 is 2.50 bits per heavy atom. The van der Waals surface area contributed by atoms with E-state index in [-0.39, 0.29) is 5.91 Å². The molecule has 1 fully saturated rings. The molecule has 1 aliphatic rings. The number of hydrogen-bond donors (Lipinski definition) is 2. The number of carbonyl (C=O) groups is 2. The topological polar surface area (TPSA) is 133 Å². The van der Waals surface area contributed by atoms with Crippen molar-refractivity contribution in [3.63, 3.8) is 0 Å². The van der Waals surface area contributed by atoms with E-state index < -0.39 is 11.3 Å². The van der Waals surface area contributed by atoms with Crippen molar-refractivity contribution in [2.75, 3.05) is 18.0 Å². The highest BCUT2D eigenvalue weighted by molar-refractivity contribution is 5.92. The molecule has 1 saturated heterocycles. The number of nitrogens with zero attached hydrogens (tertiary/aromatic N) is 5. The zero-order valence-corrected chi connectivity index (χ0v) is 16.7. The van der Waals surface area contributed by atoms with Crippen LogP contribution in [0.25, 0.3) is 11.4 Å². The van der Waals surface area contributed by atoms with E-state index in [9.17, 15) is 9.59 Å². The Kier molecular flexibility index (Phi) is 4.94. The van der Waals surface area contributed by atoms with E-state index in [2.05, 4.69) is 15.2 Å². The maximum Gasteiger partial charge on any atom is 0.248 e. The molecule has 30 heavy (non-hydrogen) atoms. The zero-order chi connectivity index (χ0) is 21.3. The van der Waals surface area contributed by atoms with E-state index in [1.165, 1.54) is 0 Å². The minimum atomic E-state index is -0.603. The van der Waals surface area contributed by atoms with Crippen LogP contribution in [-0.2, 0) is 11.3 Å². The van der Waals surface area contributed by atoms with Gasteiger partial charge in [0.1, 0.15) is 0 Å². The minimum absolute atomic E-state index is 0.314. The van der Waals surface area contributed by atoms with Crippen molar-refractivity contribution in [3.8, 4) is 11.4 Å². The van der Waals surface area contributed by atoms with Crippen molar-refractivity contribution in [2.45, 2.75) is 19.9 Å². The van der Waals surface area contributed by atoms with Gasteiger partial charge in [0, 0.05) is 36.6 Å². The Hall–Kier alpha value is -3.75. The predicted octanol–water partition coefficient (Wildman–Crippen LogP) is 1.19. The summed E-state index contributed by atoms with van der Waals surface area (Å²) in [6.07, 6.45) is 4.09. The second-order valence-corrected chi connectivity index (χ2v) is 7.81. The number of rotatable bonds is 6. The molecule has 3 aromatic rings. The summed E-state index contributed by atoms with van der Waals surface area (Å²) >= 11 is 0. The van der Waals surface area contributed by atoms with Crippen molar-refractivity contribution in [2.24, 2.45) is 16.9 Å². The van der Waals surface area contributed by atoms with E-state index in [0.29, 0.717) is 43.4 Å². The lowest BCUT2D eigenvalue weighted by atomic mass is 9.89. The first kappa shape index (κ1) is 19.6. The predicted molar refractivity (Wildman–Crippen MR) is 111 cm³/mol. The van der Waals surface area contributed by atoms with E-state index in [0.717, 1.165) is 11.1 Å². The largest absolute Gasteiger partial charge is 0.369 e. The van der Waals surface area contributed by atoms with Crippen molar-refractivity contribution in [1.29, 1.82) is 0 Å². The summed E-state index contributed by atoms with van der Waals surface area (Å²) in [7, 11) is 0. The molecule has 1 unspecified atom stereocenters. The molecule has 2 aromatic heterocycles. The number of aromatic nitrogens is 4. The van der Waals surface area contributed by atoms with Crippen LogP contribution < -0.4 is 16.4 Å². The lowest BCUT2D eigenvalue weighted by Crippen LogP contribution is -2.37. The molecule has 0 spiro atoms. The third-order valence-corrected chi connectivity index (χ3v) is 5.58. The number of benzene rings is 1. The Morgan fingerprint density at radius 1 is 1.13 bits per heavy atom. The summed E-state index contributed by atoms with van der Waals surface area (Å²) in [6.45, 7) is 3.50. The summed E-state index contributed by atoms with van der Waals surface area (Å²) in [5, 5.41) is 8.83. The molecular weight excluding hydrogens is 382 g/mol. The standard InChI is InChI=1S/C21H23N7O2/c1-21(19(23)30)8-10-27(13-21)20-26-25-18(16-3-2-9-24-11-16)28(20)12-14-4-6-15(7-5-14)17(22)29/h2-7,9,11H,8,10,12-13H2,1H3,(H2,22,29)(H2,23,30). The number of pyridine rings is 1. The zero-order valence-electron chi connectivity index (χ0n) is 16.7. The number of hydrogen-bond acceptors (Lipinski definition) is 6. The smallest absolute Gasteiger partial charge is 0.248 e. The normalized spacial score (nSPS) is 18.5. The molecule has 0 aliphatic carbocycles. The molecule has 0 saturated carbocycles. The Balaban J connectivity index is 1.72. The average Bonchev–Trinajstić information content (AvgIpc) is 3.33. The van der Waals surface area contributed by atoms with Crippen LogP contribution >= 0.6 is 0 Å². The molecule has 0 radical (unpaired) electrons. The highest BCUT2D eigenvalue weighted by Crippen LogP contribution is 2.34. The fourth-order valence-corrected chi connectivity index (χ4v) is 3.67. The second-order valence-electron chi connectivity index (χ2n) is 7.81. The van der Waals surface area contributed by atoms with Gasteiger partial charge >= 0.3 is 0 Å². The number of nitrogens with two attached hydrogens (primary N) is 2. The van der Waals surface area contributed by atoms with Gasteiger partial charge in [0.05, 0.1) is 12.0 Å². The first-order valence-electron chi connectivity index (χ1n) is 9.64. The summed E-state index contributed by atoms with van der Waals surface area (Å²) in [4.78, 5) is 29.5. The Labute approximate surface area is 173 Å². The van der Waals surface area contributed by atoms with Crippen LogP contribution in [0.15, 0.2) is 48.8 Å². The number of amides is 2. The first-order valence-corrected chi connectivity index (χ1v) is 9.64. The van der Waals surface area contributed by atoms with Crippen molar-refractivity contribution >= 4 is 17.8 Å². The Bertz CT molecular complexity index is 1080. The van der Waals surface area contributed by atoms with Crippen molar-refractivity contribution in [1.82, 2.24) is 19.7 Å². The fourth-order valence-electron chi connectivity index (χ4n) is 3.67. The van der Waals surface area contributed by atoms with Gasteiger partial charge in [-0.2, -0.15) is 0 Å². The monoisotopic (exact) mass is 405 g/mol. The molecule has 154 valence electrons. The number of carbonyl (C=O) groups excluding carboxylic acids is 2. The SMILES string of the molecule is CC1(C(N)=O)CCN(c2nnc(-c3cccnc3)n2Cc2ccc(C(N)=O)cc2)C1. The molecule has 1 atom stereocenters. The molecule has 3 heterocycles. The number of anilines is 1. The Morgan fingerprint density at radius 2 is 1.90 bits per heavy atom. The molecule has 9 heteroatoms. The third-order valence-electron chi connectivity index (χ3n) is 5.58. The summed E-state index contributed by atoms with van der Waals surface area (Å²) < 4.78 is 1.99. The quantitative estimate of drug-likeness (QED) is 0.633. The van der Waals surface area contributed by atoms with Crippen LogP contribution in [-0.4, -0.2) is 44.7 Å². The van der Waals surface area contributed by atoms with E-state index in [4.69, 9.17) is 11.5 Å². The van der Waals surface area contributed by atoms with Gasteiger partial charge in [-0.25, -0.2) is 0 Å². The third kappa shape index (κ3) is 3.61. The van der Waals surface area contributed by atoms with Gasteiger partial charge < -0.3 is 16.4 Å². The van der Waals surface area contributed by atoms with E-state index >= 15 is 0 Å². The van der Waals surface area contributed by atoms with Crippen LogP contribution in [0.5, 0.6) is 0 Å². The van der Waals surface area contributed by atoms with E-state index in [1.54, 1.807) is 24.5 Å². The summed E-state index contributed by atoms with van der Waals surface area (Å²) in [5.41, 5.74) is 12.6. The average molecular weight is 405 g/mol. The van der Waals surface area contributed by atoms with Gasteiger partial charge in [0.2, 0.25) is 17.8 Å². The molecule has 2 amide bonds. The van der Waals surface area contributed by atoms with E-state index in [1.807, 2.05) is 40.7 Å². The summed E-state index contributed by atoms with van der Waals surface area (Å²) in [6, 6.07) is 10.9. The van der Waals surface area contributed by atoms with Crippen LogP contribution in [0.4, 0.5) is 5.95 Å². The van der Waals surface area contributed by atoms with Crippen molar-refractivity contribution in [3.05, 3.63) is 59.9 Å². The van der Waals surface area contributed by atoms with Gasteiger partial charge in [0.15, 0.2) is 5.82 Å². The van der Waals surface area contributed by atoms with Crippen LogP contribution in [0, 0.1) is 5.41 Å². The lowest BCUT2D eigenvalue weighted by Gasteiger charge is -2.22. The van der Waals surface area contributed by atoms with Crippen LogP contribution in [0.1, 0.15) is 29.3 Å². The molecule has 9 nitrogen and oxygen atoms in total. The summed E-state index contributed by atoms with van der Waals surface area (Å²) in [5.74, 6) is 0.554. The van der Waals surface area contributed by atoms with Gasteiger partial charge in [0.25, 0.3) is 0 Å². The second kappa shape index (κ2) is 7.58. The lowest BCUT2D eigenvalue weighted by molar-refractivity contribution is -0.125. The maximum absolute atomic E-state index is 11.9.